The smallest absolute Gasteiger partial charge is 0.143 e. The molecule has 0 aliphatic heterocycles. The summed E-state index contributed by atoms with van der Waals surface area (Å²) in [4.78, 5) is 1.86. The van der Waals surface area contributed by atoms with E-state index in [-0.39, 0.29) is 5.56 Å². The van der Waals surface area contributed by atoms with Gasteiger partial charge < -0.3 is 9.64 Å². The van der Waals surface area contributed by atoms with E-state index in [9.17, 15) is 4.39 Å². The lowest BCUT2D eigenvalue weighted by Gasteiger charge is -2.23. The number of rotatable bonds is 6. The van der Waals surface area contributed by atoms with Gasteiger partial charge in [-0.3, -0.25) is 0 Å². The van der Waals surface area contributed by atoms with E-state index in [4.69, 9.17) is 15.3 Å². The summed E-state index contributed by atoms with van der Waals surface area (Å²) >= 11 is 0. The molecule has 0 aliphatic rings. The van der Waals surface area contributed by atoms with Crippen molar-refractivity contribution in [2.75, 3.05) is 31.7 Å². The van der Waals surface area contributed by atoms with Crippen LogP contribution in [0.2, 0.25) is 0 Å². The standard InChI is InChI=1S/C13H14FN3O/c1-18-8-7-17(6-2-5-15)12-4-3-11(10-16)13(14)9-12/h3-4,9H,2,6-8H2,1H3. The maximum absolute atomic E-state index is 13.5. The van der Waals surface area contributed by atoms with E-state index in [0.29, 0.717) is 31.8 Å². The first-order valence-electron chi connectivity index (χ1n) is 5.53. The van der Waals surface area contributed by atoms with Gasteiger partial charge in [0.05, 0.1) is 24.7 Å². The predicted molar refractivity (Wildman–Crippen MR) is 65.4 cm³/mol. The van der Waals surface area contributed by atoms with Crippen molar-refractivity contribution < 1.29 is 9.13 Å². The van der Waals surface area contributed by atoms with Gasteiger partial charge in [-0.1, -0.05) is 0 Å². The molecule has 0 bridgehead atoms. The van der Waals surface area contributed by atoms with Crippen LogP contribution >= 0.6 is 0 Å². The topological polar surface area (TPSA) is 60.0 Å². The summed E-state index contributed by atoms with van der Waals surface area (Å²) in [6.45, 7) is 1.57. The Hall–Kier alpha value is -2.11. The second-order valence-corrected chi connectivity index (χ2v) is 3.66. The van der Waals surface area contributed by atoms with Crippen molar-refractivity contribution in [2.45, 2.75) is 6.42 Å². The van der Waals surface area contributed by atoms with E-state index in [1.807, 2.05) is 4.90 Å². The molecule has 0 unspecified atom stereocenters. The van der Waals surface area contributed by atoms with Gasteiger partial charge in [0.2, 0.25) is 0 Å². The molecule has 0 aliphatic carbocycles. The minimum atomic E-state index is -0.547. The fraction of sp³-hybridized carbons (Fsp3) is 0.385. The molecule has 18 heavy (non-hydrogen) atoms. The quantitative estimate of drug-likeness (QED) is 0.772. The van der Waals surface area contributed by atoms with E-state index in [2.05, 4.69) is 6.07 Å². The molecule has 0 aromatic heterocycles. The molecule has 1 aromatic rings. The fourth-order valence-electron chi connectivity index (χ4n) is 1.55. The van der Waals surface area contributed by atoms with Crippen molar-refractivity contribution in [2.24, 2.45) is 0 Å². The minimum absolute atomic E-state index is 0.0192. The average Bonchev–Trinajstić information content (AvgIpc) is 2.39. The van der Waals surface area contributed by atoms with Gasteiger partial charge in [0.1, 0.15) is 11.9 Å². The Balaban J connectivity index is 2.87. The van der Waals surface area contributed by atoms with Gasteiger partial charge in [-0.2, -0.15) is 10.5 Å². The van der Waals surface area contributed by atoms with Gasteiger partial charge in [-0.05, 0) is 18.2 Å². The molecule has 94 valence electrons. The lowest BCUT2D eigenvalue weighted by molar-refractivity contribution is 0.205. The molecule has 0 N–H and O–H groups in total. The van der Waals surface area contributed by atoms with E-state index in [1.165, 1.54) is 12.1 Å². The SMILES string of the molecule is COCCN(CCC#N)c1ccc(C#N)c(F)c1. The van der Waals surface area contributed by atoms with Gasteiger partial charge in [0.15, 0.2) is 0 Å². The predicted octanol–water partition coefficient (Wildman–Crippen LogP) is 2.06. The Kier molecular flexibility index (Phi) is 5.63. The third kappa shape index (κ3) is 3.73. The van der Waals surface area contributed by atoms with Crippen molar-refractivity contribution in [1.82, 2.24) is 0 Å². The Morgan fingerprint density at radius 3 is 2.67 bits per heavy atom. The summed E-state index contributed by atoms with van der Waals surface area (Å²) in [5.74, 6) is -0.547. The van der Waals surface area contributed by atoms with E-state index >= 15 is 0 Å². The highest BCUT2D eigenvalue weighted by Gasteiger charge is 2.09. The number of anilines is 1. The highest BCUT2D eigenvalue weighted by Crippen LogP contribution is 2.18. The second-order valence-electron chi connectivity index (χ2n) is 3.66. The van der Waals surface area contributed by atoms with Crippen LogP contribution in [0.4, 0.5) is 10.1 Å². The maximum atomic E-state index is 13.5. The van der Waals surface area contributed by atoms with Crippen molar-refractivity contribution in [1.29, 1.82) is 10.5 Å². The summed E-state index contributed by atoms with van der Waals surface area (Å²) in [5.41, 5.74) is 0.671. The number of nitriles is 2. The van der Waals surface area contributed by atoms with Crippen LogP contribution in [0.15, 0.2) is 18.2 Å². The largest absolute Gasteiger partial charge is 0.383 e. The molecule has 0 saturated carbocycles. The number of hydrogen-bond donors (Lipinski definition) is 0. The van der Waals surface area contributed by atoms with E-state index < -0.39 is 5.82 Å². The van der Waals surface area contributed by atoms with Crippen molar-refractivity contribution >= 4 is 5.69 Å². The third-order valence-electron chi connectivity index (χ3n) is 2.50. The molecule has 0 fully saturated rings. The van der Waals surface area contributed by atoms with Crippen molar-refractivity contribution in [3.05, 3.63) is 29.6 Å². The number of halogens is 1. The number of methoxy groups -OCH3 is 1. The minimum Gasteiger partial charge on any atom is -0.383 e. The fourth-order valence-corrected chi connectivity index (χ4v) is 1.55. The van der Waals surface area contributed by atoms with Gasteiger partial charge in [-0.15, -0.1) is 0 Å². The molecule has 1 aromatic carbocycles. The van der Waals surface area contributed by atoms with Crippen molar-refractivity contribution in [3.8, 4) is 12.1 Å². The van der Waals surface area contributed by atoms with Crippen LogP contribution in [0, 0.1) is 28.5 Å². The van der Waals surface area contributed by atoms with Crippen LogP contribution in [0.25, 0.3) is 0 Å². The van der Waals surface area contributed by atoms with Crippen LogP contribution in [0.3, 0.4) is 0 Å². The number of nitrogens with zero attached hydrogens (tertiary/aromatic N) is 3. The first-order valence-corrected chi connectivity index (χ1v) is 5.53. The zero-order valence-corrected chi connectivity index (χ0v) is 10.2. The monoisotopic (exact) mass is 247 g/mol. The molecule has 0 heterocycles. The molecule has 0 radical (unpaired) electrons. The number of hydrogen-bond acceptors (Lipinski definition) is 4. The summed E-state index contributed by atoms with van der Waals surface area (Å²) in [6.07, 6.45) is 0.353. The lowest BCUT2D eigenvalue weighted by Crippen LogP contribution is -2.28. The summed E-state index contributed by atoms with van der Waals surface area (Å²) in [7, 11) is 1.59. The van der Waals surface area contributed by atoms with Crippen LogP contribution in [-0.2, 0) is 4.74 Å². The first-order chi connectivity index (χ1) is 8.72. The molecule has 1 rings (SSSR count). The molecule has 0 amide bonds. The lowest BCUT2D eigenvalue weighted by atomic mass is 10.2. The molecule has 4 nitrogen and oxygen atoms in total. The summed E-state index contributed by atoms with van der Waals surface area (Å²) in [6, 6.07) is 8.26. The van der Waals surface area contributed by atoms with Crippen molar-refractivity contribution in [3.63, 3.8) is 0 Å². The molecule has 0 atom stereocenters. The molecule has 0 spiro atoms. The second kappa shape index (κ2) is 7.26. The Morgan fingerprint density at radius 2 is 2.11 bits per heavy atom. The first kappa shape index (κ1) is 14.0. The zero-order chi connectivity index (χ0) is 13.4. The van der Waals surface area contributed by atoms with E-state index in [0.717, 1.165) is 0 Å². The number of benzene rings is 1. The number of ether oxygens (including phenoxy) is 1. The molecular weight excluding hydrogens is 233 g/mol. The molecule has 5 heteroatoms. The van der Waals surface area contributed by atoms with Gasteiger partial charge in [0, 0.05) is 25.9 Å². The van der Waals surface area contributed by atoms with Crippen LogP contribution < -0.4 is 4.90 Å². The van der Waals surface area contributed by atoms with Gasteiger partial charge >= 0.3 is 0 Å². The van der Waals surface area contributed by atoms with Crippen LogP contribution in [0.1, 0.15) is 12.0 Å². The normalized spacial score (nSPS) is 9.56. The third-order valence-corrected chi connectivity index (χ3v) is 2.50. The van der Waals surface area contributed by atoms with Crippen LogP contribution in [0.5, 0.6) is 0 Å². The molecule has 0 saturated heterocycles. The Morgan fingerprint density at radius 1 is 1.33 bits per heavy atom. The van der Waals surface area contributed by atoms with Crippen LogP contribution in [-0.4, -0.2) is 26.8 Å². The zero-order valence-electron chi connectivity index (χ0n) is 10.2. The van der Waals surface area contributed by atoms with Gasteiger partial charge in [0.25, 0.3) is 0 Å². The average molecular weight is 247 g/mol. The summed E-state index contributed by atoms with van der Waals surface area (Å²) < 4.78 is 18.5. The Labute approximate surface area is 106 Å². The highest BCUT2D eigenvalue weighted by molar-refractivity contribution is 5.50. The van der Waals surface area contributed by atoms with E-state index in [1.54, 1.807) is 19.2 Å². The van der Waals surface area contributed by atoms with Gasteiger partial charge in [-0.25, -0.2) is 4.39 Å². The molecular formula is C13H14FN3O. The maximum Gasteiger partial charge on any atom is 0.143 e. The summed E-state index contributed by atoms with van der Waals surface area (Å²) in [5, 5.41) is 17.3. The Bertz CT molecular complexity index is 476. The highest BCUT2D eigenvalue weighted by atomic mass is 19.1.